The van der Waals surface area contributed by atoms with Crippen LogP contribution in [0.5, 0.6) is 0 Å². The summed E-state index contributed by atoms with van der Waals surface area (Å²) >= 11 is 0. The van der Waals surface area contributed by atoms with Crippen molar-refractivity contribution in [2.45, 2.75) is 52.1 Å². The molecule has 1 saturated heterocycles. The lowest BCUT2D eigenvalue weighted by atomic mass is 9.95. The summed E-state index contributed by atoms with van der Waals surface area (Å²) in [5.74, 6) is 1.29. The first-order valence-electron chi connectivity index (χ1n) is 10.2. The van der Waals surface area contributed by atoms with Crippen LogP contribution in [0.4, 0.5) is 4.79 Å². The van der Waals surface area contributed by atoms with E-state index < -0.39 is 5.60 Å². The lowest BCUT2D eigenvalue weighted by Gasteiger charge is -2.34. The highest BCUT2D eigenvalue weighted by molar-refractivity contribution is 5.79. The number of rotatable bonds is 6. The number of likely N-dealkylation sites (tertiary alicyclic amines) is 1. The Bertz CT molecular complexity index is 627. The van der Waals surface area contributed by atoms with Crippen molar-refractivity contribution in [1.82, 2.24) is 20.5 Å². The molecule has 2 rings (SSSR count). The third-order valence-electron chi connectivity index (χ3n) is 4.64. The van der Waals surface area contributed by atoms with Crippen molar-refractivity contribution in [3.05, 3.63) is 30.1 Å². The molecule has 1 amide bonds. The number of nitrogens with zero attached hydrogens (tertiary/aromatic N) is 3. The minimum absolute atomic E-state index is 0.197. The molecule has 28 heavy (non-hydrogen) atoms. The van der Waals surface area contributed by atoms with Gasteiger partial charge in [-0.15, -0.1) is 0 Å². The Labute approximate surface area is 169 Å². The van der Waals surface area contributed by atoms with Crippen LogP contribution in [0.25, 0.3) is 0 Å². The Hall–Kier alpha value is -2.31. The second-order valence-corrected chi connectivity index (χ2v) is 8.22. The average Bonchev–Trinajstić information content (AvgIpc) is 2.66. The van der Waals surface area contributed by atoms with Crippen molar-refractivity contribution in [3.8, 4) is 0 Å². The second-order valence-electron chi connectivity index (χ2n) is 8.22. The van der Waals surface area contributed by atoms with Gasteiger partial charge in [-0.25, -0.2) is 4.79 Å². The van der Waals surface area contributed by atoms with Gasteiger partial charge in [0.1, 0.15) is 5.60 Å². The lowest BCUT2D eigenvalue weighted by molar-refractivity contribution is 0.0162. The minimum atomic E-state index is -0.445. The zero-order chi connectivity index (χ0) is 20.4. The molecule has 0 saturated carbocycles. The maximum Gasteiger partial charge on any atom is 0.410 e. The fourth-order valence-corrected chi connectivity index (χ4v) is 3.26. The molecule has 0 radical (unpaired) electrons. The first kappa shape index (κ1) is 22.0. The maximum atomic E-state index is 12.3. The zero-order valence-electron chi connectivity index (χ0n) is 17.7. The zero-order valence-corrected chi connectivity index (χ0v) is 17.7. The first-order valence-corrected chi connectivity index (χ1v) is 10.2. The SMILES string of the molecule is CN=C(NCCc1ccccn1)NCCC1CCCN(C(=O)OC(C)(C)C)C1. The average molecular weight is 390 g/mol. The van der Waals surface area contributed by atoms with Gasteiger partial charge in [0.2, 0.25) is 0 Å². The van der Waals surface area contributed by atoms with Gasteiger partial charge in [0, 0.05) is 51.5 Å². The second kappa shape index (κ2) is 10.9. The van der Waals surface area contributed by atoms with E-state index in [1.54, 1.807) is 7.05 Å². The Morgan fingerprint density at radius 1 is 1.32 bits per heavy atom. The molecule has 0 bridgehead atoms. The van der Waals surface area contributed by atoms with E-state index in [0.29, 0.717) is 5.92 Å². The topological polar surface area (TPSA) is 78.9 Å². The van der Waals surface area contributed by atoms with Crippen LogP contribution in [0, 0.1) is 5.92 Å². The number of hydrogen-bond donors (Lipinski definition) is 2. The van der Waals surface area contributed by atoms with Crippen LogP contribution < -0.4 is 10.6 Å². The van der Waals surface area contributed by atoms with Crippen molar-refractivity contribution in [1.29, 1.82) is 0 Å². The van der Waals surface area contributed by atoms with Gasteiger partial charge in [0.05, 0.1) is 0 Å². The van der Waals surface area contributed by atoms with Gasteiger partial charge in [-0.2, -0.15) is 0 Å². The Balaban J connectivity index is 1.67. The van der Waals surface area contributed by atoms with Crippen molar-refractivity contribution in [3.63, 3.8) is 0 Å². The molecule has 1 atom stereocenters. The monoisotopic (exact) mass is 389 g/mol. The molecule has 1 fully saturated rings. The molecule has 156 valence electrons. The Morgan fingerprint density at radius 2 is 2.11 bits per heavy atom. The molecule has 2 N–H and O–H groups in total. The third kappa shape index (κ3) is 8.15. The molecular formula is C21H35N5O2. The van der Waals surface area contributed by atoms with Gasteiger partial charge in [-0.1, -0.05) is 6.07 Å². The molecule has 1 aliphatic heterocycles. The number of guanidine groups is 1. The number of aromatic nitrogens is 1. The molecule has 1 aliphatic rings. The normalized spacial score (nSPS) is 17.9. The minimum Gasteiger partial charge on any atom is -0.444 e. The lowest BCUT2D eigenvalue weighted by Crippen LogP contribution is -2.44. The highest BCUT2D eigenvalue weighted by Gasteiger charge is 2.27. The molecule has 1 unspecified atom stereocenters. The van der Waals surface area contributed by atoms with Crippen LogP contribution in [-0.2, 0) is 11.2 Å². The fraction of sp³-hybridized carbons (Fsp3) is 0.667. The summed E-state index contributed by atoms with van der Waals surface area (Å²) in [4.78, 5) is 22.7. The number of aliphatic imine (C=N–C) groups is 1. The van der Waals surface area contributed by atoms with E-state index in [-0.39, 0.29) is 6.09 Å². The fourth-order valence-electron chi connectivity index (χ4n) is 3.26. The summed E-state index contributed by atoms with van der Waals surface area (Å²) in [5, 5.41) is 6.69. The summed E-state index contributed by atoms with van der Waals surface area (Å²) in [6.45, 7) is 8.88. The first-order chi connectivity index (χ1) is 13.4. The van der Waals surface area contributed by atoms with E-state index in [9.17, 15) is 4.79 Å². The van der Waals surface area contributed by atoms with Gasteiger partial charge in [-0.05, 0) is 58.1 Å². The van der Waals surface area contributed by atoms with E-state index in [2.05, 4.69) is 20.6 Å². The summed E-state index contributed by atoms with van der Waals surface area (Å²) in [6, 6.07) is 5.95. The van der Waals surface area contributed by atoms with Gasteiger partial charge < -0.3 is 20.3 Å². The molecule has 0 aliphatic carbocycles. The summed E-state index contributed by atoms with van der Waals surface area (Å²) in [6.07, 6.45) is 5.65. The number of pyridine rings is 1. The quantitative estimate of drug-likeness (QED) is 0.578. The van der Waals surface area contributed by atoms with Crippen LogP contribution in [0.1, 0.15) is 45.7 Å². The number of carbonyl (C=O) groups is 1. The van der Waals surface area contributed by atoms with Crippen LogP contribution >= 0.6 is 0 Å². The van der Waals surface area contributed by atoms with Crippen LogP contribution in [-0.4, -0.2) is 60.8 Å². The van der Waals surface area contributed by atoms with Crippen LogP contribution in [0.2, 0.25) is 0 Å². The Kier molecular flexibility index (Phi) is 8.54. The predicted octanol–water partition coefficient (Wildman–Crippen LogP) is 2.83. The molecule has 0 spiro atoms. The summed E-state index contributed by atoms with van der Waals surface area (Å²) < 4.78 is 5.50. The van der Waals surface area contributed by atoms with E-state index >= 15 is 0 Å². The number of ether oxygens (including phenoxy) is 1. The van der Waals surface area contributed by atoms with Crippen molar-refractivity contribution >= 4 is 12.1 Å². The van der Waals surface area contributed by atoms with E-state index in [4.69, 9.17) is 4.74 Å². The van der Waals surface area contributed by atoms with E-state index in [0.717, 1.165) is 63.5 Å². The van der Waals surface area contributed by atoms with Crippen LogP contribution in [0.3, 0.4) is 0 Å². The molecule has 1 aromatic heterocycles. The molecular weight excluding hydrogens is 354 g/mol. The molecule has 7 heteroatoms. The number of nitrogens with one attached hydrogen (secondary N) is 2. The predicted molar refractivity (Wildman–Crippen MR) is 112 cm³/mol. The number of hydrogen-bond acceptors (Lipinski definition) is 4. The highest BCUT2D eigenvalue weighted by atomic mass is 16.6. The van der Waals surface area contributed by atoms with E-state index in [1.165, 1.54) is 0 Å². The van der Waals surface area contributed by atoms with Crippen molar-refractivity contribution < 1.29 is 9.53 Å². The van der Waals surface area contributed by atoms with Gasteiger partial charge in [0.15, 0.2) is 5.96 Å². The van der Waals surface area contributed by atoms with Gasteiger partial charge >= 0.3 is 6.09 Å². The number of carbonyl (C=O) groups excluding carboxylic acids is 1. The molecule has 1 aromatic rings. The smallest absolute Gasteiger partial charge is 0.410 e. The standard InChI is InChI=1S/C21H35N5O2/c1-21(2,3)28-20(27)26-15-7-8-17(16-26)10-13-24-19(22-4)25-14-11-18-9-5-6-12-23-18/h5-6,9,12,17H,7-8,10-11,13-16H2,1-4H3,(H2,22,24,25). The van der Waals surface area contributed by atoms with Gasteiger partial charge in [0.25, 0.3) is 0 Å². The summed E-state index contributed by atoms with van der Waals surface area (Å²) in [5.41, 5.74) is 0.619. The number of piperidine rings is 1. The third-order valence-corrected chi connectivity index (χ3v) is 4.64. The highest BCUT2D eigenvalue weighted by Crippen LogP contribution is 2.21. The molecule has 7 nitrogen and oxygen atoms in total. The van der Waals surface area contributed by atoms with Crippen molar-refractivity contribution in [2.75, 3.05) is 33.2 Å². The van der Waals surface area contributed by atoms with Gasteiger partial charge in [-0.3, -0.25) is 9.98 Å². The molecule has 0 aromatic carbocycles. The van der Waals surface area contributed by atoms with Crippen molar-refractivity contribution in [2.24, 2.45) is 10.9 Å². The number of amides is 1. The Morgan fingerprint density at radius 3 is 2.79 bits per heavy atom. The summed E-state index contributed by atoms with van der Waals surface area (Å²) in [7, 11) is 1.78. The van der Waals surface area contributed by atoms with Crippen LogP contribution in [0.15, 0.2) is 29.4 Å². The maximum absolute atomic E-state index is 12.3. The molecule has 2 heterocycles. The van der Waals surface area contributed by atoms with E-state index in [1.807, 2.05) is 50.1 Å². The largest absolute Gasteiger partial charge is 0.444 e.